The van der Waals surface area contributed by atoms with Crippen LogP contribution in [0.5, 0.6) is 0 Å². The molecule has 0 saturated heterocycles. The molecule has 136 valence electrons. The molecule has 0 unspecified atom stereocenters. The summed E-state index contributed by atoms with van der Waals surface area (Å²) in [5.74, 6) is -2.95. The second-order valence-electron chi connectivity index (χ2n) is 5.99. The minimum atomic E-state index is -1.34. The van der Waals surface area contributed by atoms with E-state index >= 15 is 0 Å². The van der Waals surface area contributed by atoms with Gasteiger partial charge in [-0.2, -0.15) is 0 Å². The fourth-order valence-corrected chi connectivity index (χ4v) is 2.41. The van der Waals surface area contributed by atoms with Crippen molar-refractivity contribution in [3.63, 3.8) is 0 Å². The van der Waals surface area contributed by atoms with E-state index in [0.29, 0.717) is 6.42 Å². The molecule has 0 aromatic carbocycles. The van der Waals surface area contributed by atoms with Gasteiger partial charge in [-0.15, -0.1) is 0 Å². The Bertz CT molecular complexity index is 363. The number of carboxylic acids is 2. The van der Waals surface area contributed by atoms with Crippen LogP contribution in [0.1, 0.15) is 84.0 Å². The van der Waals surface area contributed by atoms with E-state index in [-0.39, 0.29) is 36.0 Å². The predicted molar refractivity (Wildman–Crippen MR) is 95.4 cm³/mol. The average molecular weight is 353 g/mol. The van der Waals surface area contributed by atoms with Crippen molar-refractivity contribution in [3.8, 4) is 0 Å². The summed E-state index contributed by atoms with van der Waals surface area (Å²) in [5.41, 5.74) is 0. The van der Waals surface area contributed by atoms with Crippen molar-refractivity contribution in [1.82, 2.24) is 5.32 Å². The van der Waals surface area contributed by atoms with Crippen LogP contribution < -0.4 is 5.32 Å². The number of hydrogen-bond donors (Lipinski definition) is 3. The molecular formula is C17H32NNaO5. The van der Waals surface area contributed by atoms with Crippen LogP contribution in [-0.2, 0) is 14.4 Å². The SMILES string of the molecule is CCCCCCCCCCCCC(=O)N[C@@H](CC(=O)O)C(=O)O.[NaH]. The zero-order valence-corrected chi connectivity index (χ0v) is 14.2. The van der Waals surface area contributed by atoms with Gasteiger partial charge in [-0.05, 0) is 6.42 Å². The summed E-state index contributed by atoms with van der Waals surface area (Å²) in [4.78, 5) is 33.0. The summed E-state index contributed by atoms with van der Waals surface area (Å²) in [6.45, 7) is 2.20. The predicted octanol–water partition coefficient (Wildman–Crippen LogP) is 2.69. The van der Waals surface area contributed by atoms with Crippen molar-refractivity contribution in [1.29, 1.82) is 0 Å². The topological polar surface area (TPSA) is 104 Å². The van der Waals surface area contributed by atoms with Gasteiger partial charge in [-0.1, -0.05) is 64.7 Å². The van der Waals surface area contributed by atoms with Crippen molar-refractivity contribution < 1.29 is 24.6 Å². The van der Waals surface area contributed by atoms with Gasteiger partial charge in [-0.3, -0.25) is 9.59 Å². The van der Waals surface area contributed by atoms with Crippen LogP contribution in [0.2, 0.25) is 0 Å². The van der Waals surface area contributed by atoms with Crippen molar-refractivity contribution in [3.05, 3.63) is 0 Å². The van der Waals surface area contributed by atoms with Crippen LogP contribution in [0.3, 0.4) is 0 Å². The summed E-state index contributed by atoms with van der Waals surface area (Å²) in [5, 5.41) is 19.7. The normalized spacial score (nSPS) is 11.4. The van der Waals surface area contributed by atoms with Crippen LogP contribution in [0.25, 0.3) is 0 Å². The van der Waals surface area contributed by atoms with Gasteiger partial charge in [0.2, 0.25) is 5.91 Å². The fourth-order valence-electron chi connectivity index (χ4n) is 2.41. The Hall–Kier alpha value is -0.590. The summed E-state index contributed by atoms with van der Waals surface area (Å²) in [6, 6.07) is -1.34. The summed E-state index contributed by atoms with van der Waals surface area (Å²) in [6.07, 6.45) is 11.3. The van der Waals surface area contributed by atoms with Crippen molar-refractivity contribution in [2.75, 3.05) is 0 Å². The number of nitrogens with one attached hydrogen (secondary N) is 1. The van der Waals surface area contributed by atoms with E-state index in [1.807, 2.05) is 0 Å². The molecule has 0 bridgehead atoms. The van der Waals surface area contributed by atoms with Gasteiger partial charge in [0.05, 0.1) is 6.42 Å². The number of hydrogen-bond acceptors (Lipinski definition) is 3. The van der Waals surface area contributed by atoms with E-state index < -0.39 is 30.3 Å². The first-order valence-corrected chi connectivity index (χ1v) is 8.71. The van der Waals surface area contributed by atoms with Gasteiger partial charge < -0.3 is 15.5 Å². The molecule has 0 spiro atoms. The first-order chi connectivity index (χ1) is 11.0. The number of carboxylic acid groups (broad SMARTS) is 2. The van der Waals surface area contributed by atoms with E-state index in [0.717, 1.165) is 12.8 Å². The molecule has 6 nitrogen and oxygen atoms in total. The molecule has 0 rings (SSSR count). The third kappa shape index (κ3) is 16.3. The van der Waals surface area contributed by atoms with E-state index in [1.165, 1.54) is 44.9 Å². The van der Waals surface area contributed by atoms with Crippen LogP contribution in [0, 0.1) is 0 Å². The summed E-state index contributed by atoms with van der Waals surface area (Å²) < 4.78 is 0. The molecule has 0 radical (unpaired) electrons. The third-order valence-corrected chi connectivity index (χ3v) is 3.77. The van der Waals surface area contributed by atoms with Crippen molar-refractivity contribution in [2.45, 2.75) is 90.0 Å². The molecule has 3 N–H and O–H groups in total. The van der Waals surface area contributed by atoms with Gasteiger partial charge in [0.25, 0.3) is 0 Å². The first kappa shape index (κ1) is 25.6. The number of amides is 1. The molecule has 0 saturated carbocycles. The summed E-state index contributed by atoms with van der Waals surface area (Å²) in [7, 11) is 0. The van der Waals surface area contributed by atoms with E-state index in [1.54, 1.807) is 0 Å². The molecular weight excluding hydrogens is 321 g/mol. The Labute approximate surface area is 167 Å². The molecule has 1 atom stereocenters. The van der Waals surface area contributed by atoms with Gasteiger partial charge in [-0.25, -0.2) is 4.79 Å². The Morgan fingerprint density at radius 2 is 1.29 bits per heavy atom. The van der Waals surface area contributed by atoms with Crippen LogP contribution >= 0.6 is 0 Å². The molecule has 0 aliphatic rings. The molecule has 0 aromatic heterocycles. The van der Waals surface area contributed by atoms with Crippen molar-refractivity contribution >= 4 is 47.4 Å². The van der Waals surface area contributed by atoms with Gasteiger partial charge in [0.1, 0.15) is 6.04 Å². The number of carbonyl (C=O) groups is 3. The molecule has 0 fully saturated rings. The van der Waals surface area contributed by atoms with Gasteiger partial charge >= 0.3 is 41.5 Å². The Balaban J connectivity index is 0. The Morgan fingerprint density at radius 1 is 0.833 bits per heavy atom. The number of rotatable bonds is 15. The monoisotopic (exact) mass is 353 g/mol. The second-order valence-corrected chi connectivity index (χ2v) is 5.99. The molecule has 0 aliphatic carbocycles. The Morgan fingerprint density at radius 3 is 1.71 bits per heavy atom. The first-order valence-electron chi connectivity index (χ1n) is 8.71. The van der Waals surface area contributed by atoms with Gasteiger partial charge in [0.15, 0.2) is 0 Å². The number of unbranched alkanes of at least 4 members (excludes halogenated alkanes) is 9. The second kappa shape index (κ2) is 17.2. The molecule has 0 aliphatic heterocycles. The maximum absolute atomic E-state index is 11.6. The van der Waals surface area contributed by atoms with Gasteiger partial charge in [0, 0.05) is 6.42 Å². The third-order valence-electron chi connectivity index (χ3n) is 3.77. The standard InChI is InChI=1S/C17H31NO5.Na.H/c1-2-3-4-5-6-7-8-9-10-11-12-15(19)18-14(17(22)23)13-16(20)21;;/h14H,2-13H2,1H3,(H,18,19)(H,20,21)(H,22,23);;/t14-;;/m0../s1. The average Bonchev–Trinajstić information content (AvgIpc) is 2.48. The fraction of sp³-hybridized carbons (Fsp3) is 0.824. The zero-order valence-electron chi connectivity index (χ0n) is 14.2. The maximum atomic E-state index is 11.6. The van der Waals surface area contributed by atoms with Crippen LogP contribution in [0.15, 0.2) is 0 Å². The Kier molecular flexibility index (Phi) is 18.4. The van der Waals surface area contributed by atoms with Crippen LogP contribution in [-0.4, -0.2) is 63.7 Å². The molecule has 0 heterocycles. The molecule has 0 aromatic rings. The zero-order chi connectivity index (χ0) is 17.5. The van der Waals surface area contributed by atoms with Crippen LogP contribution in [0.4, 0.5) is 0 Å². The molecule has 24 heavy (non-hydrogen) atoms. The van der Waals surface area contributed by atoms with E-state index in [2.05, 4.69) is 12.2 Å². The quantitative estimate of drug-likeness (QED) is 0.310. The molecule has 7 heteroatoms. The summed E-state index contributed by atoms with van der Waals surface area (Å²) >= 11 is 0. The molecule has 1 amide bonds. The van der Waals surface area contributed by atoms with E-state index in [9.17, 15) is 14.4 Å². The number of aliphatic carboxylic acids is 2. The van der Waals surface area contributed by atoms with Crippen molar-refractivity contribution in [2.24, 2.45) is 0 Å². The number of carbonyl (C=O) groups excluding carboxylic acids is 1. The minimum absolute atomic E-state index is 0. The van der Waals surface area contributed by atoms with E-state index in [4.69, 9.17) is 10.2 Å².